The highest BCUT2D eigenvalue weighted by Crippen LogP contribution is 2.27. The fourth-order valence-electron chi connectivity index (χ4n) is 2.75. The molecule has 4 rings (SSSR count). The zero-order valence-corrected chi connectivity index (χ0v) is 12.2. The Kier molecular flexibility index (Phi) is 3.49. The third kappa shape index (κ3) is 3.48. The van der Waals surface area contributed by atoms with E-state index in [0.29, 0.717) is 24.9 Å². The lowest BCUT2D eigenvalue weighted by atomic mass is 10.1. The third-order valence-electron chi connectivity index (χ3n) is 4.04. The van der Waals surface area contributed by atoms with Crippen LogP contribution in [-0.4, -0.2) is 50.9 Å². The molecule has 21 heavy (non-hydrogen) atoms. The van der Waals surface area contributed by atoms with Crippen LogP contribution in [0.15, 0.2) is 24.3 Å². The van der Waals surface area contributed by atoms with Gasteiger partial charge in [-0.3, -0.25) is 0 Å². The van der Waals surface area contributed by atoms with Gasteiger partial charge in [-0.05, 0) is 31.2 Å². The zero-order valence-electron chi connectivity index (χ0n) is 12.2. The molecule has 0 bridgehead atoms. The first-order chi connectivity index (χ1) is 10.3. The van der Waals surface area contributed by atoms with Gasteiger partial charge in [-0.2, -0.15) is 0 Å². The monoisotopic (exact) mass is 291 g/mol. The summed E-state index contributed by atoms with van der Waals surface area (Å²) in [5.41, 5.74) is 1.19. The molecule has 3 heterocycles. The molecule has 114 valence electrons. The van der Waals surface area contributed by atoms with Crippen LogP contribution >= 0.6 is 0 Å². The summed E-state index contributed by atoms with van der Waals surface area (Å²) >= 11 is 0. The number of nitrogens with zero attached hydrogens (tertiary/aromatic N) is 1. The molecule has 1 aromatic rings. The standard InChI is InChI=1S/C16H21NO4/c1-11-6-14(20-11)7-17(8-15-9-18-15)12-2-4-13(5-3-12)21-16-10-19-16/h2-5,11,14-16H,6-10H2,1H3/t11-,14?,15?,16?/m0/s1. The van der Waals surface area contributed by atoms with Crippen LogP contribution < -0.4 is 9.64 Å². The zero-order chi connectivity index (χ0) is 14.2. The molecule has 0 spiro atoms. The van der Waals surface area contributed by atoms with E-state index >= 15 is 0 Å². The maximum absolute atomic E-state index is 5.75. The number of ether oxygens (including phenoxy) is 4. The van der Waals surface area contributed by atoms with Gasteiger partial charge < -0.3 is 23.8 Å². The van der Waals surface area contributed by atoms with Gasteiger partial charge in [0, 0.05) is 25.2 Å². The first-order valence-corrected chi connectivity index (χ1v) is 7.66. The van der Waals surface area contributed by atoms with Gasteiger partial charge in [0.05, 0.1) is 24.9 Å². The molecule has 3 unspecified atom stereocenters. The summed E-state index contributed by atoms with van der Waals surface area (Å²) in [4.78, 5) is 2.35. The smallest absolute Gasteiger partial charge is 0.223 e. The second-order valence-electron chi connectivity index (χ2n) is 6.04. The highest BCUT2D eigenvalue weighted by molar-refractivity contribution is 5.49. The van der Waals surface area contributed by atoms with Crippen molar-refractivity contribution in [2.75, 3.05) is 31.2 Å². The van der Waals surface area contributed by atoms with Crippen LogP contribution in [0.4, 0.5) is 5.69 Å². The Morgan fingerprint density at radius 3 is 2.33 bits per heavy atom. The molecule has 0 radical (unpaired) electrons. The summed E-state index contributed by atoms with van der Waals surface area (Å²) in [6.45, 7) is 5.55. The van der Waals surface area contributed by atoms with Crippen LogP contribution in [0.3, 0.4) is 0 Å². The van der Waals surface area contributed by atoms with Gasteiger partial charge in [0.2, 0.25) is 6.29 Å². The Labute approximate surface area is 124 Å². The quantitative estimate of drug-likeness (QED) is 0.717. The number of epoxide rings is 2. The normalized spacial score (nSPS) is 33.2. The summed E-state index contributed by atoms with van der Waals surface area (Å²) in [6, 6.07) is 8.20. The van der Waals surface area contributed by atoms with Crippen molar-refractivity contribution in [2.24, 2.45) is 0 Å². The fraction of sp³-hybridized carbons (Fsp3) is 0.625. The molecule has 3 aliphatic heterocycles. The molecule has 3 saturated heterocycles. The Bertz CT molecular complexity index is 478. The van der Waals surface area contributed by atoms with Crippen molar-refractivity contribution in [1.29, 1.82) is 0 Å². The Morgan fingerprint density at radius 1 is 1.10 bits per heavy atom. The molecule has 3 fully saturated rings. The van der Waals surface area contributed by atoms with Gasteiger partial charge >= 0.3 is 0 Å². The molecule has 5 nitrogen and oxygen atoms in total. The van der Waals surface area contributed by atoms with Crippen LogP contribution in [0, 0.1) is 0 Å². The summed E-state index contributed by atoms with van der Waals surface area (Å²) in [5.74, 6) is 0.859. The van der Waals surface area contributed by atoms with E-state index in [-0.39, 0.29) is 6.29 Å². The Morgan fingerprint density at radius 2 is 1.76 bits per heavy atom. The highest BCUT2D eigenvalue weighted by Gasteiger charge is 2.31. The maximum Gasteiger partial charge on any atom is 0.223 e. The molecule has 0 amide bonds. The Balaban J connectivity index is 1.40. The molecule has 1 aromatic carbocycles. The first-order valence-electron chi connectivity index (χ1n) is 7.66. The van der Waals surface area contributed by atoms with E-state index < -0.39 is 0 Å². The topological polar surface area (TPSA) is 46.8 Å². The van der Waals surface area contributed by atoms with Crippen LogP contribution in [0.5, 0.6) is 5.75 Å². The van der Waals surface area contributed by atoms with Crippen molar-refractivity contribution in [3.8, 4) is 5.75 Å². The van der Waals surface area contributed by atoms with Crippen LogP contribution in [-0.2, 0) is 14.2 Å². The minimum atomic E-state index is -0.0447. The van der Waals surface area contributed by atoms with Crippen molar-refractivity contribution in [1.82, 2.24) is 0 Å². The van der Waals surface area contributed by atoms with Gasteiger partial charge in [-0.25, -0.2) is 0 Å². The number of rotatable bonds is 7. The van der Waals surface area contributed by atoms with Gasteiger partial charge in [-0.1, -0.05) is 0 Å². The van der Waals surface area contributed by atoms with Crippen LogP contribution in [0.1, 0.15) is 13.3 Å². The van der Waals surface area contributed by atoms with E-state index in [1.807, 2.05) is 12.1 Å². The second-order valence-corrected chi connectivity index (χ2v) is 6.04. The summed E-state index contributed by atoms with van der Waals surface area (Å²) in [6.07, 6.45) is 2.22. The van der Waals surface area contributed by atoms with Gasteiger partial charge in [-0.15, -0.1) is 0 Å². The van der Waals surface area contributed by atoms with Crippen molar-refractivity contribution in [2.45, 2.75) is 37.9 Å². The van der Waals surface area contributed by atoms with Crippen molar-refractivity contribution >= 4 is 5.69 Å². The minimum Gasteiger partial charge on any atom is -0.462 e. The van der Waals surface area contributed by atoms with Gasteiger partial charge in [0.25, 0.3) is 0 Å². The molecule has 0 N–H and O–H groups in total. The molecule has 0 saturated carbocycles. The predicted molar refractivity (Wildman–Crippen MR) is 77.7 cm³/mol. The van der Waals surface area contributed by atoms with Gasteiger partial charge in [0.1, 0.15) is 12.4 Å². The largest absolute Gasteiger partial charge is 0.462 e. The maximum atomic E-state index is 5.75. The number of anilines is 1. The summed E-state index contributed by atoms with van der Waals surface area (Å²) in [7, 11) is 0. The number of hydrogen-bond donors (Lipinski definition) is 0. The lowest BCUT2D eigenvalue weighted by Gasteiger charge is -2.38. The molecule has 5 heteroatoms. The first kappa shape index (κ1) is 13.4. The van der Waals surface area contributed by atoms with E-state index in [1.54, 1.807) is 0 Å². The molecular formula is C16H21NO4. The number of hydrogen-bond acceptors (Lipinski definition) is 5. The summed E-state index contributed by atoms with van der Waals surface area (Å²) < 4.78 is 21.8. The summed E-state index contributed by atoms with van der Waals surface area (Å²) in [5, 5.41) is 0. The Hall–Kier alpha value is -1.30. The van der Waals surface area contributed by atoms with E-state index in [4.69, 9.17) is 18.9 Å². The molecule has 3 aliphatic rings. The van der Waals surface area contributed by atoms with E-state index in [0.717, 1.165) is 31.9 Å². The van der Waals surface area contributed by atoms with E-state index in [1.165, 1.54) is 5.69 Å². The average Bonchev–Trinajstić information content (AvgIpc) is 3.32. The highest BCUT2D eigenvalue weighted by atomic mass is 16.8. The molecule has 0 aromatic heterocycles. The lowest BCUT2D eigenvalue weighted by Crippen LogP contribution is -2.45. The third-order valence-corrected chi connectivity index (χ3v) is 4.04. The van der Waals surface area contributed by atoms with Crippen molar-refractivity contribution in [3.63, 3.8) is 0 Å². The van der Waals surface area contributed by atoms with E-state index in [2.05, 4.69) is 24.0 Å². The second kappa shape index (κ2) is 5.48. The molecule has 0 aliphatic carbocycles. The lowest BCUT2D eigenvalue weighted by molar-refractivity contribution is -0.108. The SMILES string of the molecule is C[C@H]1CC(CN(CC2CO2)c2ccc(OC3CO3)cc2)O1. The van der Waals surface area contributed by atoms with Crippen molar-refractivity contribution in [3.05, 3.63) is 24.3 Å². The van der Waals surface area contributed by atoms with Crippen LogP contribution in [0.2, 0.25) is 0 Å². The molecule has 4 atom stereocenters. The number of benzene rings is 1. The minimum absolute atomic E-state index is 0.0447. The van der Waals surface area contributed by atoms with Crippen molar-refractivity contribution < 1.29 is 18.9 Å². The average molecular weight is 291 g/mol. The van der Waals surface area contributed by atoms with E-state index in [9.17, 15) is 0 Å². The molecular weight excluding hydrogens is 270 g/mol. The predicted octanol–water partition coefficient (Wildman–Crippen LogP) is 1.80. The fourth-order valence-corrected chi connectivity index (χ4v) is 2.75. The van der Waals surface area contributed by atoms with Crippen LogP contribution in [0.25, 0.3) is 0 Å². The van der Waals surface area contributed by atoms with Gasteiger partial charge in [0.15, 0.2) is 0 Å².